The third kappa shape index (κ3) is 4.40. The number of hydrogen-bond acceptors (Lipinski definition) is 4. The zero-order valence-corrected chi connectivity index (χ0v) is 12.6. The molecule has 0 aliphatic heterocycles. The Morgan fingerprint density at radius 3 is 2.79 bits per heavy atom. The summed E-state index contributed by atoms with van der Waals surface area (Å²) >= 11 is 1.55. The molecule has 1 rings (SSSR count). The minimum atomic E-state index is -3.48. The topological polar surface area (TPSA) is 63.2 Å². The number of sulfone groups is 1. The number of carbonyl (C=O) groups is 1. The number of nitrogens with one attached hydrogen (secondary N) is 1. The van der Waals surface area contributed by atoms with Crippen LogP contribution in [0.3, 0.4) is 0 Å². The molecule has 1 unspecified atom stereocenters. The van der Waals surface area contributed by atoms with Crippen molar-refractivity contribution in [2.75, 3.05) is 17.3 Å². The number of benzene rings is 1. The van der Waals surface area contributed by atoms with Crippen molar-refractivity contribution in [2.24, 2.45) is 0 Å². The van der Waals surface area contributed by atoms with Gasteiger partial charge in [-0.2, -0.15) is 0 Å². The standard InChI is InChI=1S/C13H17NO3S2/c1-4-8-19(16,17)10(2)13(15)14-11-6-5-7-12(9-11)18-3/h4-7,9-10H,1,8H2,2-3H3,(H,14,15). The molecule has 0 aromatic heterocycles. The summed E-state index contributed by atoms with van der Waals surface area (Å²) in [6.45, 7) is 4.76. The first-order chi connectivity index (χ1) is 8.90. The van der Waals surface area contributed by atoms with E-state index in [0.29, 0.717) is 5.69 Å². The number of carbonyl (C=O) groups excluding carboxylic acids is 1. The van der Waals surface area contributed by atoms with Crippen molar-refractivity contribution in [3.05, 3.63) is 36.9 Å². The lowest BCUT2D eigenvalue weighted by Crippen LogP contribution is -2.33. The quantitative estimate of drug-likeness (QED) is 0.647. The minimum Gasteiger partial charge on any atom is -0.325 e. The molecule has 1 atom stereocenters. The molecule has 19 heavy (non-hydrogen) atoms. The normalized spacial score (nSPS) is 12.7. The summed E-state index contributed by atoms with van der Waals surface area (Å²) in [7, 11) is -3.48. The highest BCUT2D eigenvalue weighted by Crippen LogP contribution is 2.19. The molecule has 0 saturated heterocycles. The lowest BCUT2D eigenvalue weighted by Gasteiger charge is -2.12. The summed E-state index contributed by atoms with van der Waals surface area (Å²) < 4.78 is 23.5. The van der Waals surface area contributed by atoms with Gasteiger partial charge < -0.3 is 5.32 Å². The van der Waals surface area contributed by atoms with Crippen molar-refractivity contribution in [1.82, 2.24) is 0 Å². The smallest absolute Gasteiger partial charge is 0.242 e. The van der Waals surface area contributed by atoms with Gasteiger partial charge in [0.1, 0.15) is 5.25 Å². The van der Waals surface area contributed by atoms with E-state index in [-0.39, 0.29) is 5.75 Å². The van der Waals surface area contributed by atoms with E-state index in [2.05, 4.69) is 11.9 Å². The Hall–Kier alpha value is -1.27. The molecular formula is C13H17NO3S2. The molecule has 0 bridgehead atoms. The number of hydrogen-bond donors (Lipinski definition) is 1. The second-order valence-electron chi connectivity index (χ2n) is 3.98. The van der Waals surface area contributed by atoms with Crippen molar-refractivity contribution in [2.45, 2.75) is 17.1 Å². The third-order valence-corrected chi connectivity index (χ3v) is 5.31. The average Bonchev–Trinajstić information content (AvgIpc) is 2.38. The first-order valence-corrected chi connectivity index (χ1v) is 8.62. The summed E-state index contributed by atoms with van der Waals surface area (Å²) in [5.74, 6) is -0.730. The van der Waals surface area contributed by atoms with Crippen molar-refractivity contribution < 1.29 is 13.2 Å². The van der Waals surface area contributed by atoms with Crippen LogP contribution in [0.4, 0.5) is 5.69 Å². The van der Waals surface area contributed by atoms with E-state index in [1.54, 1.807) is 23.9 Å². The van der Waals surface area contributed by atoms with Gasteiger partial charge in [0, 0.05) is 10.6 Å². The van der Waals surface area contributed by atoms with Gasteiger partial charge in [-0.15, -0.1) is 18.3 Å². The lowest BCUT2D eigenvalue weighted by atomic mass is 10.3. The Labute approximate surface area is 118 Å². The zero-order chi connectivity index (χ0) is 14.5. The van der Waals surface area contributed by atoms with E-state index < -0.39 is 21.0 Å². The Morgan fingerprint density at radius 2 is 2.21 bits per heavy atom. The Morgan fingerprint density at radius 1 is 1.53 bits per heavy atom. The molecule has 0 radical (unpaired) electrons. The number of rotatable bonds is 6. The van der Waals surface area contributed by atoms with Crippen LogP contribution in [0.1, 0.15) is 6.92 Å². The fraction of sp³-hybridized carbons (Fsp3) is 0.308. The van der Waals surface area contributed by atoms with E-state index in [9.17, 15) is 13.2 Å². The van der Waals surface area contributed by atoms with Crippen LogP contribution in [0.15, 0.2) is 41.8 Å². The van der Waals surface area contributed by atoms with Crippen LogP contribution in [-0.2, 0) is 14.6 Å². The minimum absolute atomic E-state index is 0.202. The van der Waals surface area contributed by atoms with Crippen LogP contribution in [-0.4, -0.2) is 31.6 Å². The monoisotopic (exact) mass is 299 g/mol. The van der Waals surface area contributed by atoms with Gasteiger partial charge in [0.25, 0.3) is 0 Å². The van der Waals surface area contributed by atoms with Crippen LogP contribution in [0.25, 0.3) is 0 Å². The predicted octanol–water partition coefficient (Wildman–Crippen LogP) is 2.34. The molecule has 1 amide bonds. The van der Waals surface area contributed by atoms with Crippen molar-refractivity contribution in [3.8, 4) is 0 Å². The van der Waals surface area contributed by atoms with Gasteiger partial charge in [-0.05, 0) is 31.4 Å². The van der Waals surface area contributed by atoms with Crippen LogP contribution < -0.4 is 5.32 Å². The van der Waals surface area contributed by atoms with Gasteiger partial charge in [0.15, 0.2) is 9.84 Å². The van der Waals surface area contributed by atoms with Gasteiger partial charge in [-0.3, -0.25) is 4.79 Å². The van der Waals surface area contributed by atoms with E-state index in [0.717, 1.165) is 4.90 Å². The van der Waals surface area contributed by atoms with Crippen LogP contribution in [0, 0.1) is 0 Å². The summed E-state index contributed by atoms with van der Waals surface area (Å²) in [5.41, 5.74) is 0.595. The van der Waals surface area contributed by atoms with Crippen LogP contribution in [0.5, 0.6) is 0 Å². The Bertz CT molecular complexity index is 567. The molecule has 0 spiro atoms. The predicted molar refractivity (Wildman–Crippen MR) is 80.3 cm³/mol. The van der Waals surface area contributed by atoms with Gasteiger partial charge in [-0.25, -0.2) is 8.42 Å². The molecule has 4 nitrogen and oxygen atoms in total. The van der Waals surface area contributed by atoms with Gasteiger partial charge >= 0.3 is 0 Å². The van der Waals surface area contributed by atoms with Crippen molar-refractivity contribution in [1.29, 1.82) is 0 Å². The summed E-state index contributed by atoms with van der Waals surface area (Å²) in [4.78, 5) is 12.9. The second-order valence-corrected chi connectivity index (χ2v) is 7.23. The molecule has 0 fully saturated rings. The molecule has 1 aromatic carbocycles. The summed E-state index contributed by atoms with van der Waals surface area (Å²) in [6, 6.07) is 7.25. The lowest BCUT2D eigenvalue weighted by molar-refractivity contribution is -0.115. The highest BCUT2D eigenvalue weighted by atomic mass is 32.2. The largest absolute Gasteiger partial charge is 0.325 e. The molecule has 1 N–H and O–H groups in total. The number of anilines is 1. The third-order valence-electron chi connectivity index (χ3n) is 2.60. The number of amides is 1. The Kier molecular flexibility index (Phi) is 5.62. The first-order valence-electron chi connectivity index (χ1n) is 5.68. The van der Waals surface area contributed by atoms with Gasteiger partial charge in [-0.1, -0.05) is 12.1 Å². The second kappa shape index (κ2) is 6.77. The highest BCUT2D eigenvalue weighted by Gasteiger charge is 2.26. The van der Waals surface area contributed by atoms with Crippen molar-refractivity contribution >= 4 is 33.2 Å². The molecule has 0 aliphatic carbocycles. The Balaban J connectivity index is 2.82. The maximum Gasteiger partial charge on any atom is 0.242 e. The molecule has 6 heteroatoms. The number of thioether (sulfide) groups is 1. The van der Waals surface area contributed by atoms with Crippen molar-refractivity contribution in [3.63, 3.8) is 0 Å². The molecule has 1 aromatic rings. The molecule has 0 saturated carbocycles. The molecule has 104 valence electrons. The fourth-order valence-electron chi connectivity index (χ4n) is 1.42. The molecular weight excluding hydrogens is 282 g/mol. The van der Waals surface area contributed by atoms with E-state index in [1.807, 2.05) is 18.4 Å². The van der Waals surface area contributed by atoms with Crippen LogP contribution >= 0.6 is 11.8 Å². The summed E-state index contributed by atoms with van der Waals surface area (Å²) in [5, 5.41) is 1.52. The first kappa shape index (κ1) is 15.8. The maximum atomic E-state index is 11.9. The van der Waals surface area contributed by atoms with Gasteiger partial charge in [0.05, 0.1) is 5.75 Å². The van der Waals surface area contributed by atoms with Gasteiger partial charge in [0.2, 0.25) is 5.91 Å². The SMILES string of the molecule is C=CCS(=O)(=O)C(C)C(=O)Nc1cccc(SC)c1. The summed E-state index contributed by atoms with van der Waals surface area (Å²) in [6.07, 6.45) is 3.21. The maximum absolute atomic E-state index is 11.9. The average molecular weight is 299 g/mol. The molecule has 0 heterocycles. The molecule has 0 aliphatic rings. The fourth-order valence-corrected chi connectivity index (χ4v) is 2.88. The van der Waals surface area contributed by atoms with E-state index in [4.69, 9.17) is 0 Å². The zero-order valence-electron chi connectivity index (χ0n) is 10.9. The van der Waals surface area contributed by atoms with E-state index >= 15 is 0 Å². The highest BCUT2D eigenvalue weighted by molar-refractivity contribution is 7.98. The van der Waals surface area contributed by atoms with Crippen LogP contribution in [0.2, 0.25) is 0 Å². The van der Waals surface area contributed by atoms with E-state index in [1.165, 1.54) is 13.0 Å².